The van der Waals surface area contributed by atoms with E-state index >= 15 is 0 Å². The van der Waals surface area contributed by atoms with Crippen LogP contribution in [-0.2, 0) is 0 Å². The summed E-state index contributed by atoms with van der Waals surface area (Å²) in [5, 5.41) is 0.979. The number of rotatable bonds is 2. The molecule has 0 saturated carbocycles. The van der Waals surface area contributed by atoms with Crippen molar-refractivity contribution in [1.29, 1.82) is 0 Å². The second kappa shape index (κ2) is 4.96. The lowest BCUT2D eigenvalue weighted by atomic mass is 10.1. The van der Waals surface area contributed by atoms with Crippen LogP contribution in [0.3, 0.4) is 0 Å². The molecular weight excluding hydrogens is 286 g/mol. The molecule has 1 aromatic heterocycles. The summed E-state index contributed by atoms with van der Waals surface area (Å²) in [5.41, 5.74) is 0.716. The maximum Gasteiger partial charge on any atom is 0.189 e. The molecule has 1 aromatic carbocycles. The van der Waals surface area contributed by atoms with E-state index in [9.17, 15) is 8.28 Å². The highest BCUT2D eigenvalue weighted by atomic mass is 35.5. The number of halogens is 3. The molecule has 2 rings (SSSR count). The van der Waals surface area contributed by atoms with E-state index in [0.717, 1.165) is 0 Å². The Morgan fingerprint density at radius 1 is 1.35 bits per heavy atom. The first-order valence-corrected chi connectivity index (χ1v) is 6.89. The summed E-state index contributed by atoms with van der Waals surface area (Å²) in [4.78, 5) is 7.98. The molecule has 0 amide bonds. The van der Waals surface area contributed by atoms with Crippen LogP contribution >= 0.6 is 35.5 Å². The van der Waals surface area contributed by atoms with Gasteiger partial charge in [-0.15, -0.1) is 0 Å². The first-order valence-electron chi connectivity index (χ1n) is 4.57. The summed E-state index contributed by atoms with van der Waals surface area (Å²) in [6.45, 7) is 1.72. The van der Waals surface area contributed by atoms with E-state index in [4.69, 9.17) is 11.6 Å². The quantitative estimate of drug-likeness (QED) is 0.464. The lowest BCUT2D eigenvalue weighted by Gasteiger charge is -2.08. The summed E-state index contributed by atoms with van der Waals surface area (Å²) in [5.74, 6) is -0.697. The van der Waals surface area contributed by atoms with Crippen LogP contribution in [0.4, 0.5) is 8.28 Å². The van der Waals surface area contributed by atoms with Gasteiger partial charge in [0.1, 0.15) is 10.7 Å². The van der Waals surface area contributed by atoms with Gasteiger partial charge in [-0.1, -0.05) is 23.4 Å². The molecule has 0 fully saturated rings. The lowest BCUT2D eigenvalue weighted by molar-refractivity contribution is 0.607. The Balaban J connectivity index is 2.90. The maximum absolute atomic E-state index is 13.9. The van der Waals surface area contributed by atoms with E-state index in [1.165, 1.54) is 17.8 Å². The zero-order valence-corrected chi connectivity index (χ0v) is 11.3. The van der Waals surface area contributed by atoms with Gasteiger partial charge in [0.15, 0.2) is 11.0 Å². The molecule has 0 atom stereocenters. The Hall–Kier alpha value is -0.590. The normalized spacial score (nSPS) is 11.1. The standard InChI is InChI=1S/C10H7ClF2N2S2/c1-4-3-5(17-13)7(12)8-6(4)9(11)15-10(14-8)16-2/h3H,1-2H3. The molecule has 0 saturated heterocycles. The molecule has 90 valence electrons. The lowest BCUT2D eigenvalue weighted by Crippen LogP contribution is -1.96. The second-order valence-electron chi connectivity index (χ2n) is 3.31. The molecule has 0 aliphatic carbocycles. The summed E-state index contributed by atoms with van der Waals surface area (Å²) < 4.78 is 26.5. The van der Waals surface area contributed by atoms with E-state index in [1.54, 1.807) is 13.2 Å². The van der Waals surface area contributed by atoms with Crippen molar-refractivity contribution in [3.8, 4) is 0 Å². The molecule has 0 unspecified atom stereocenters. The van der Waals surface area contributed by atoms with Gasteiger partial charge in [0.25, 0.3) is 0 Å². The van der Waals surface area contributed by atoms with Crippen molar-refractivity contribution in [2.75, 3.05) is 6.26 Å². The largest absolute Gasteiger partial charge is 0.219 e. The highest BCUT2D eigenvalue weighted by molar-refractivity contribution is 7.98. The highest BCUT2D eigenvalue weighted by Gasteiger charge is 2.16. The van der Waals surface area contributed by atoms with E-state index in [2.05, 4.69) is 9.97 Å². The second-order valence-corrected chi connectivity index (χ2v) is 5.03. The molecule has 0 spiro atoms. The van der Waals surface area contributed by atoms with Crippen molar-refractivity contribution in [1.82, 2.24) is 9.97 Å². The minimum atomic E-state index is -0.697. The molecule has 2 nitrogen and oxygen atoms in total. The topological polar surface area (TPSA) is 25.8 Å². The zero-order valence-electron chi connectivity index (χ0n) is 8.92. The van der Waals surface area contributed by atoms with Crippen molar-refractivity contribution in [2.45, 2.75) is 17.0 Å². The minimum Gasteiger partial charge on any atom is -0.219 e. The molecule has 0 bridgehead atoms. The molecule has 0 aliphatic heterocycles. The number of hydrogen-bond donors (Lipinski definition) is 0. The van der Waals surface area contributed by atoms with Crippen LogP contribution in [0.2, 0.25) is 5.15 Å². The predicted octanol–water partition coefficient (Wildman–Crippen LogP) is 4.43. The van der Waals surface area contributed by atoms with Crippen LogP contribution in [0.15, 0.2) is 16.1 Å². The van der Waals surface area contributed by atoms with Gasteiger partial charge in [-0.3, -0.25) is 0 Å². The first-order chi connectivity index (χ1) is 8.08. The van der Waals surface area contributed by atoms with Gasteiger partial charge in [0, 0.05) is 5.39 Å². The number of thioether (sulfide) groups is 1. The Labute approximate surface area is 110 Å². The van der Waals surface area contributed by atoms with Crippen molar-refractivity contribution >= 4 is 46.4 Å². The van der Waals surface area contributed by atoms with Crippen LogP contribution in [0, 0.1) is 12.7 Å². The fraction of sp³-hybridized carbons (Fsp3) is 0.200. The average molecular weight is 293 g/mol. The summed E-state index contributed by atoms with van der Waals surface area (Å²) >= 11 is 7.09. The maximum atomic E-state index is 13.9. The molecule has 0 aliphatic rings. The van der Waals surface area contributed by atoms with Gasteiger partial charge in [-0.05, 0) is 24.8 Å². The number of benzene rings is 1. The van der Waals surface area contributed by atoms with Crippen LogP contribution in [0.1, 0.15) is 5.56 Å². The van der Waals surface area contributed by atoms with Gasteiger partial charge in [0.2, 0.25) is 0 Å². The Bertz CT molecular complexity index is 584. The van der Waals surface area contributed by atoms with E-state index < -0.39 is 5.82 Å². The predicted molar refractivity (Wildman–Crippen MR) is 68.0 cm³/mol. The smallest absolute Gasteiger partial charge is 0.189 e. The number of hydrogen-bond acceptors (Lipinski definition) is 4. The average Bonchev–Trinajstić information content (AvgIpc) is 2.32. The Morgan fingerprint density at radius 2 is 2.06 bits per heavy atom. The van der Waals surface area contributed by atoms with Gasteiger partial charge in [-0.2, -0.15) is 3.89 Å². The van der Waals surface area contributed by atoms with Crippen LogP contribution < -0.4 is 0 Å². The van der Waals surface area contributed by atoms with Gasteiger partial charge < -0.3 is 0 Å². The van der Waals surface area contributed by atoms with Gasteiger partial charge >= 0.3 is 0 Å². The fourth-order valence-electron chi connectivity index (χ4n) is 1.52. The third kappa shape index (κ3) is 2.21. The monoisotopic (exact) mass is 292 g/mol. The molecular formula is C10H7ClF2N2S2. The number of aryl methyl sites for hydroxylation is 1. The minimum absolute atomic E-state index is 0.0644. The molecule has 2 aromatic rings. The van der Waals surface area contributed by atoms with E-state index in [1.807, 2.05) is 0 Å². The van der Waals surface area contributed by atoms with Crippen LogP contribution in [0.25, 0.3) is 10.9 Å². The molecule has 7 heteroatoms. The Morgan fingerprint density at radius 3 is 2.65 bits per heavy atom. The van der Waals surface area contributed by atoms with Crippen molar-refractivity contribution in [2.24, 2.45) is 0 Å². The highest BCUT2D eigenvalue weighted by Crippen LogP contribution is 2.34. The number of aromatic nitrogens is 2. The van der Waals surface area contributed by atoms with Crippen molar-refractivity contribution < 1.29 is 8.28 Å². The zero-order chi connectivity index (χ0) is 12.6. The SMILES string of the molecule is CSc1nc(Cl)c2c(C)cc(SF)c(F)c2n1. The molecule has 1 heterocycles. The Kier molecular flexibility index (Phi) is 3.75. The van der Waals surface area contributed by atoms with Crippen molar-refractivity contribution in [3.05, 3.63) is 22.6 Å². The van der Waals surface area contributed by atoms with Crippen LogP contribution in [-0.4, -0.2) is 16.2 Å². The first kappa shape index (κ1) is 12.9. The van der Waals surface area contributed by atoms with Gasteiger partial charge in [-0.25, -0.2) is 14.4 Å². The van der Waals surface area contributed by atoms with E-state index in [-0.39, 0.29) is 27.7 Å². The van der Waals surface area contributed by atoms with Gasteiger partial charge in [0.05, 0.1) is 17.0 Å². The van der Waals surface area contributed by atoms with Crippen LogP contribution in [0.5, 0.6) is 0 Å². The third-order valence-corrected chi connectivity index (χ3v) is 3.56. The fourth-order valence-corrected chi connectivity index (χ4v) is 2.64. The summed E-state index contributed by atoms with van der Waals surface area (Å²) in [6.07, 6.45) is 1.76. The molecule has 17 heavy (non-hydrogen) atoms. The molecule has 0 radical (unpaired) electrons. The summed E-state index contributed by atoms with van der Waals surface area (Å²) in [7, 11) is 0. The third-order valence-electron chi connectivity index (χ3n) is 2.28. The van der Waals surface area contributed by atoms with E-state index in [0.29, 0.717) is 16.1 Å². The number of nitrogens with zero attached hydrogens (tertiary/aromatic N) is 2. The van der Waals surface area contributed by atoms with Crippen molar-refractivity contribution in [3.63, 3.8) is 0 Å². The molecule has 0 N–H and O–H groups in total. The number of fused-ring (bicyclic) bond motifs is 1. The summed E-state index contributed by atoms with van der Waals surface area (Å²) in [6, 6.07) is 1.40.